The first-order valence-electron chi connectivity index (χ1n) is 14.6. The highest BCUT2D eigenvalue weighted by molar-refractivity contribution is 7.90. The number of carboxylic acid groups (broad SMARTS) is 2. The molecule has 0 spiro atoms. The molecule has 0 bridgehead atoms. The number of fused-ring (bicyclic) bond motifs is 1. The van der Waals surface area contributed by atoms with Crippen LogP contribution >= 0.6 is 11.6 Å². The molecule has 5 atom stereocenters. The molecule has 1 aliphatic heterocycles. The van der Waals surface area contributed by atoms with E-state index < -0.39 is 60.9 Å². The number of benzene rings is 2. The number of rotatable bonds is 14. The number of hydrogen-bond acceptors (Lipinski definition) is 9. The van der Waals surface area contributed by atoms with Crippen LogP contribution in [-0.2, 0) is 52.3 Å². The minimum absolute atomic E-state index is 0.0257. The molecular formula is C29H37ClN4O10S2. The fourth-order valence-corrected chi connectivity index (χ4v) is 8.15. The lowest BCUT2D eigenvalue weighted by Crippen LogP contribution is -2.56. The topological polar surface area (TPSA) is 222 Å². The van der Waals surface area contributed by atoms with Gasteiger partial charge in [0, 0.05) is 12.6 Å². The van der Waals surface area contributed by atoms with Crippen molar-refractivity contribution in [1.82, 2.24) is 14.9 Å². The summed E-state index contributed by atoms with van der Waals surface area (Å²) in [6.45, 7) is 1.16. The summed E-state index contributed by atoms with van der Waals surface area (Å²) in [7, 11) is -8.34. The van der Waals surface area contributed by atoms with E-state index in [0.29, 0.717) is 17.5 Å². The van der Waals surface area contributed by atoms with Gasteiger partial charge in [0.15, 0.2) is 0 Å². The maximum Gasteiger partial charge on any atom is 0.326 e. The lowest BCUT2D eigenvalue weighted by atomic mass is 9.84. The quantitative estimate of drug-likeness (QED) is 0.191. The Morgan fingerprint density at radius 2 is 1.70 bits per heavy atom. The predicted octanol–water partition coefficient (Wildman–Crippen LogP) is 1.66. The summed E-state index contributed by atoms with van der Waals surface area (Å²) in [5.74, 6) is -2.60. The third kappa shape index (κ3) is 8.61. The normalized spacial score (nSPS) is 21.4. The number of carboxylic acids is 2. The van der Waals surface area contributed by atoms with Crippen LogP contribution < -0.4 is 15.2 Å². The van der Waals surface area contributed by atoms with Crippen molar-refractivity contribution in [3.8, 4) is 0 Å². The largest absolute Gasteiger partial charge is 0.480 e. The minimum atomic E-state index is -4.24. The first-order valence-corrected chi connectivity index (χ1v) is 18.0. The lowest BCUT2D eigenvalue weighted by Gasteiger charge is -2.35. The number of sulfonamides is 2. The Morgan fingerprint density at radius 1 is 1.04 bits per heavy atom. The second kappa shape index (κ2) is 14.8. The molecule has 1 amide bonds. The van der Waals surface area contributed by atoms with Crippen LogP contribution in [0.25, 0.3) is 0 Å². The van der Waals surface area contributed by atoms with E-state index in [9.17, 15) is 41.4 Å². The van der Waals surface area contributed by atoms with Crippen molar-refractivity contribution in [2.24, 2.45) is 11.1 Å². The zero-order valence-corrected chi connectivity index (χ0v) is 27.4. The second-order valence-electron chi connectivity index (χ2n) is 11.5. The Hall–Kier alpha value is -3.12. The summed E-state index contributed by atoms with van der Waals surface area (Å²) in [6, 6.07) is 6.50. The van der Waals surface area contributed by atoms with Gasteiger partial charge >= 0.3 is 11.9 Å². The molecule has 1 saturated carbocycles. The molecule has 0 aromatic heterocycles. The zero-order valence-electron chi connectivity index (χ0n) is 25.0. The third-order valence-electron chi connectivity index (χ3n) is 8.31. The summed E-state index contributed by atoms with van der Waals surface area (Å²) in [5, 5.41) is 27.2. The summed E-state index contributed by atoms with van der Waals surface area (Å²) >= 11 is 5.83. The van der Waals surface area contributed by atoms with Gasteiger partial charge in [-0.05, 0) is 61.4 Å². The lowest BCUT2D eigenvalue weighted by molar-refractivity contribution is -0.151. The van der Waals surface area contributed by atoms with Crippen molar-refractivity contribution in [3.63, 3.8) is 0 Å². The number of nitrogens with zero attached hydrogens (tertiary/aromatic N) is 1. The minimum Gasteiger partial charge on any atom is -0.480 e. The molecule has 4 rings (SSSR count). The molecule has 1 unspecified atom stereocenters. The van der Waals surface area contributed by atoms with E-state index in [1.165, 1.54) is 11.8 Å². The number of carbonyl (C=O) groups is 3. The number of amides is 1. The number of halogens is 1. The summed E-state index contributed by atoms with van der Waals surface area (Å²) in [5.41, 5.74) is 1.24. The molecule has 0 radical (unpaired) electrons. The van der Waals surface area contributed by atoms with Crippen molar-refractivity contribution >= 4 is 49.5 Å². The predicted molar refractivity (Wildman–Crippen MR) is 166 cm³/mol. The zero-order chi connectivity index (χ0) is 33.8. The van der Waals surface area contributed by atoms with Crippen LogP contribution in [0.15, 0.2) is 52.3 Å². The van der Waals surface area contributed by atoms with Crippen LogP contribution in [0.1, 0.15) is 50.2 Å². The van der Waals surface area contributed by atoms with E-state index in [0.717, 1.165) is 43.9 Å². The van der Waals surface area contributed by atoms with Crippen LogP contribution in [0.3, 0.4) is 0 Å². The van der Waals surface area contributed by atoms with Gasteiger partial charge < -0.3 is 19.8 Å². The van der Waals surface area contributed by atoms with E-state index in [1.54, 1.807) is 24.3 Å². The van der Waals surface area contributed by atoms with Crippen LogP contribution in [-0.4, -0.2) is 80.6 Å². The second-order valence-corrected chi connectivity index (χ2v) is 15.2. The standard InChI is InChI=1S/C29H37ClN4O10S2/c1-17(27(35)34-24-5-3-2-4-20(24)12-25(34)29(38)39)33-23(28(36)37)16-44-15-19-8-6-18(7-9-19)14-32-46(42,43)21-10-11-22(30)26(13-21)45(31,40)41/h6-11,13,17,20,23-25,32-33H,2-5,12,14-16H2,1H3,(H,36,37)(H,38,39)(H2,31,40,41)/t17?,20-,23+,24-,25+/m1/s1. The third-order valence-corrected chi connectivity index (χ3v) is 11.1. The number of likely N-dealkylation sites (tertiary alicyclic amines) is 1. The Kier molecular flexibility index (Phi) is 11.5. The van der Waals surface area contributed by atoms with Gasteiger partial charge in [-0.1, -0.05) is 48.7 Å². The molecule has 46 heavy (non-hydrogen) atoms. The molecular weight excluding hydrogens is 664 g/mol. The van der Waals surface area contributed by atoms with Crippen LogP contribution in [0.2, 0.25) is 5.02 Å². The summed E-state index contributed by atoms with van der Waals surface area (Å²) < 4.78 is 56.8. The number of carbonyl (C=O) groups excluding carboxylic acids is 1. The number of primary sulfonamides is 1. The highest BCUT2D eigenvalue weighted by Crippen LogP contribution is 2.40. The first-order chi connectivity index (χ1) is 21.6. The monoisotopic (exact) mass is 700 g/mol. The van der Waals surface area contributed by atoms with Gasteiger partial charge in [-0.2, -0.15) is 0 Å². The molecule has 2 fully saturated rings. The van der Waals surface area contributed by atoms with Crippen molar-refractivity contribution in [1.29, 1.82) is 0 Å². The maximum atomic E-state index is 13.4. The summed E-state index contributed by atoms with van der Waals surface area (Å²) in [4.78, 5) is 37.8. The van der Waals surface area contributed by atoms with E-state index in [2.05, 4.69) is 10.0 Å². The van der Waals surface area contributed by atoms with Gasteiger partial charge in [-0.3, -0.25) is 14.9 Å². The van der Waals surface area contributed by atoms with Crippen LogP contribution in [0.5, 0.6) is 0 Å². The number of aliphatic carboxylic acids is 2. The van der Waals surface area contributed by atoms with Crippen LogP contribution in [0.4, 0.5) is 0 Å². The summed E-state index contributed by atoms with van der Waals surface area (Å²) in [6.07, 6.45) is 3.91. The number of nitrogens with two attached hydrogens (primary N) is 1. The molecule has 17 heteroatoms. The van der Waals surface area contributed by atoms with Crippen molar-refractivity contribution in [3.05, 3.63) is 58.6 Å². The molecule has 2 aromatic carbocycles. The van der Waals surface area contributed by atoms with E-state index in [1.807, 2.05) is 0 Å². The molecule has 2 aliphatic rings. The van der Waals surface area contributed by atoms with E-state index in [-0.39, 0.29) is 41.6 Å². The molecule has 1 saturated heterocycles. The Morgan fingerprint density at radius 3 is 2.33 bits per heavy atom. The van der Waals surface area contributed by atoms with Gasteiger partial charge in [-0.25, -0.2) is 31.5 Å². The van der Waals surface area contributed by atoms with Gasteiger partial charge in [0.25, 0.3) is 0 Å². The molecule has 2 aromatic rings. The van der Waals surface area contributed by atoms with Gasteiger partial charge in [-0.15, -0.1) is 0 Å². The molecule has 6 N–H and O–H groups in total. The number of hydrogen-bond donors (Lipinski definition) is 5. The number of nitrogens with one attached hydrogen (secondary N) is 2. The average Bonchev–Trinajstić information content (AvgIpc) is 3.39. The highest BCUT2D eigenvalue weighted by Gasteiger charge is 2.48. The number of ether oxygens (including phenoxy) is 1. The van der Waals surface area contributed by atoms with Gasteiger partial charge in [0.1, 0.15) is 17.0 Å². The van der Waals surface area contributed by atoms with E-state index in [4.69, 9.17) is 21.5 Å². The Balaban J connectivity index is 1.29. The molecule has 1 aliphatic carbocycles. The smallest absolute Gasteiger partial charge is 0.326 e. The van der Waals surface area contributed by atoms with Crippen LogP contribution in [0, 0.1) is 5.92 Å². The average molecular weight is 701 g/mol. The van der Waals surface area contributed by atoms with Crippen molar-refractivity contribution < 1.29 is 46.2 Å². The van der Waals surface area contributed by atoms with E-state index >= 15 is 0 Å². The molecule has 252 valence electrons. The Bertz CT molecular complexity index is 1670. The fraction of sp³-hybridized carbons (Fsp3) is 0.483. The maximum absolute atomic E-state index is 13.4. The fourth-order valence-electron chi connectivity index (χ4n) is 5.96. The highest BCUT2D eigenvalue weighted by atomic mass is 35.5. The van der Waals surface area contributed by atoms with Crippen molar-refractivity contribution in [2.45, 2.75) is 86.1 Å². The first kappa shape index (κ1) is 35.7. The molecule has 1 heterocycles. The van der Waals surface area contributed by atoms with Gasteiger partial charge in [0.2, 0.25) is 26.0 Å². The Labute approximate surface area is 272 Å². The van der Waals surface area contributed by atoms with Gasteiger partial charge in [0.05, 0.1) is 29.2 Å². The SMILES string of the molecule is CC(N[C@@H](COCc1ccc(CNS(=O)(=O)c2ccc(Cl)c(S(N)(=O)=O)c2)cc1)C(=O)O)C(=O)N1[C@@H]2CCCC[C@@H]2C[C@H]1C(=O)O. The van der Waals surface area contributed by atoms with Crippen molar-refractivity contribution in [2.75, 3.05) is 6.61 Å². The molecule has 14 nitrogen and oxygen atoms in total.